The van der Waals surface area contributed by atoms with E-state index in [-0.39, 0.29) is 6.42 Å². The molecular weight excluding hydrogens is 299 g/mol. The molecule has 0 saturated heterocycles. The number of hydrogen-bond donors (Lipinski definition) is 1. The second-order valence-electron chi connectivity index (χ2n) is 2.50. The maximum absolute atomic E-state index is 10.5. The van der Waals surface area contributed by atoms with Gasteiger partial charge in [-0.05, 0) is 40.5 Å². The lowest BCUT2D eigenvalue weighted by Crippen LogP contribution is -2.02. The fourth-order valence-electron chi connectivity index (χ4n) is 1.08. The fraction of sp³-hybridized carbons (Fsp3) is 0.222. The van der Waals surface area contributed by atoms with Crippen LogP contribution in [-0.2, 0) is 11.2 Å². The summed E-state index contributed by atoms with van der Waals surface area (Å²) in [4.78, 5) is 11.6. The molecule has 0 atom stereocenters. The van der Waals surface area contributed by atoms with Crippen molar-refractivity contribution in [2.45, 2.75) is 11.3 Å². The highest BCUT2D eigenvalue weighted by Crippen LogP contribution is 2.26. The number of thioether (sulfide) groups is 1. The summed E-state index contributed by atoms with van der Waals surface area (Å²) in [5.41, 5.74) is 0.895. The van der Waals surface area contributed by atoms with E-state index in [4.69, 9.17) is 5.11 Å². The number of benzene rings is 1. The SMILES string of the molecule is CSc1c(I)cccc1CC(=O)O. The van der Waals surface area contributed by atoms with Crippen LogP contribution >= 0.6 is 34.4 Å². The Bertz CT molecular complexity index is 325. The van der Waals surface area contributed by atoms with Crippen LogP contribution in [0.4, 0.5) is 0 Å². The van der Waals surface area contributed by atoms with Crippen molar-refractivity contribution in [2.24, 2.45) is 0 Å². The third kappa shape index (κ3) is 2.87. The molecule has 0 spiro atoms. The van der Waals surface area contributed by atoms with E-state index in [1.165, 1.54) is 0 Å². The Hall–Kier alpha value is -0.230. The van der Waals surface area contributed by atoms with Gasteiger partial charge >= 0.3 is 5.97 Å². The van der Waals surface area contributed by atoms with Crippen LogP contribution in [0.1, 0.15) is 5.56 Å². The van der Waals surface area contributed by atoms with Crippen LogP contribution in [-0.4, -0.2) is 17.3 Å². The molecule has 2 nitrogen and oxygen atoms in total. The highest BCUT2D eigenvalue weighted by molar-refractivity contribution is 14.1. The summed E-state index contributed by atoms with van der Waals surface area (Å²) in [7, 11) is 0. The second kappa shape index (κ2) is 4.85. The second-order valence-corrected chi connectivity index (χ2v) is 4.48. The van der Waals surface area contributed by atoms with Crippen molar-refractivity contribution in [1.82, 2.24) is 0 Å². The van der Waals surface area contributed by atoms with Crippen LogP contribution in [0, 0.1) is 3.57 Å². The van der Waals surface area contributed by atoms with Gasteiger partial charge in [0.25, 0.3) is 0 Å². The number of carboxylic acids is 1. The number of hydrogen-bond acceptors (Lipinski definition) is 2. The zero-order valence-electron chi connectivity index (χ0n) is 7.08. The monoisotopic (exact) mass is 308 g/mol. The molecule has 0 amide bonds. The standard InChI is InChI=1S/C9H9IO2S/c1-13-9-6(5-8(11)12)3-2-4-7(9)10/h2-4H,5H2,1H3,(H,11,12). The summed E-state index contributed by atoms with van der Waals surface area (Å²) in [5, 5.41) is 8.67. The lowest BCUT2D eigenvalue weighted by molar-refractivity contribution is -0.136. The van der Waals surface area contributed by atoms with Gasteiger partial charge in [-0.3, -0.25) is 4.79 Å². The third-order valence-electron chi connectivity index (χ3n) is 1.59. The van der Waals surface area contributed by atoms with Crippen LogP contribution in [0.3, 0.4) is 0 Å². The summed E-state index contributed by atoms with van der Waals surface area (Å²) in [5.74, 6) is -0.780. The first-order valence-corrected chi connectivity index (χ1v) is 5.98. The number of rotatable bonds is 3. The summed E-state index contributed by atoms with van der Waals surface area (Å²) in [6.07, 6.45) is 2.07. The lowest BCUT2D eigenvalue weighted by atomic mass is 10.1. The zero-order valence-corrected chi connectivity index (χ0v) is 10.1. The van der Waals surface area contributed by atoms with Gasteiger partial charge in [0.05, 0.1) is 6.42 Å². The van der Waals surface area contributed by atoms with Gasteiger partial charge in [-0.25, -0.2) is 0 Å². The van der Waals surface area contributed by atoms with E-state index < -0.39 is 5.97 Å². The molecule has 13 heavy (non-hydrogen) atoms. The molecule has 0 bridgehead atoms. The summed E-state index contributed by atoms with van der Waals surface area (Å²) in [6.45, 7) is 0. The molecule has 0 saturated carbocycles. The van der Waals surface area contributed by atoms with Crippen molar-refractivity contribution in [2.75, 3.05) is 6.26 Å². The third-order valence-corrected chi connectivity index (χ3v) is 3.75. The summed E-state index contributed by atoms with van der Waals surface area (Å²) < 4.78 is 1.11. The molecule has 0 radical (unpaired) electrons. The molecule has 0 unspecified atom stereocenters. The Kier molecular flexibility index (Phi) is 4.05. The number of carboxylic acid groups (broad SMARTS) is 1. The Morgan fingerprint density at radius 3 is 2.85 bits per heavy atom. The first kappa shape index (κ1) is 10.8. The van der Waals surface area contributed by atoms with E-state index in [0.717, 1.165) is 14.0 Å². The predicted molar refractivity (Wildman–Crippen MR) is 62.3 cm³/mol. The predicted octanol–water partition coefficient (Wildman–Crippen LogP) is 2.64. The summed E-state index contributed by atoms with van der Waals surface area (Å²) in [6, 6.07) is 5.74. The van der Waals surface area contributed by atoms with Crippen molar-refractivity contribution in [1.29, 1.82) is 0 Å². The Morgan fingerprint density at radius 1 is 1.62 bits per heavy atom. The van der Waals surface area contributed by atoms with Gasteiger partial charge in [0, 0.05) is 8.47 Å². The van der Waals surface area contributed by atoms with Crippen molar-refractivity contribution in [3.63, 3.8) is 0 Å². The van der Waals surface area contributed by atoms with Gasteiger partial charge in [0.15, 0.2) is 0 Å². The van der Waals surface area contributed by atoms with Crippen molar-refractivity contribution >= 4 is 40.3 Å². The topological polar surface area (TPSA) is 37.3 Å². The Labute approximate surface area is 94.9 Å². The molecule has 0 aromatic heterocycles. The number of carbonyl (C=O) groups is 1. The average molecular weight is 308 g/mol. The minimum absolute atomic E-state index is 0.104. The molecule has 1 aromatic rings. The zero-order chi connectivity index (χ0) is 9.84. The van der Waals surface area contributed by atoms with Crippen LogP contribution in [0.25, 0.3) is 0 Å². The first-order chi connectivity index (χ1) is 6.15. The molecule has 0 aliphatic heterocycles. The maximum atomic E-state index is 10.5. The fourth-order valence-corrected chi connectivity index (χ4v) is 2.96. The van der Waals surface area contributed by atoms with Crippen molar-refractivity contribution < 1.29 is 9.90 Å². The highest BCUT2D eigenvalue weighted by Gasteiger charge is 2.08. The molecule has 0 fully saturated rings. The highest BCUT2D eigenvalue weighted by atomic mass is 127. The molecule has 1 rings (SSSR count). The summed E-state index contributed by atoms with van der Waals surface area (Å²) >= 11 is 3.81. The largest absolute Gasteiger partial charge is 0.481 e. The molecule has 1 N–H and O–H groups in total. The molecular formula is C9H9IO2S. The van der Waals surface area contributed by atoms with Gasteiger partial charge in [-0.15, -0.1) is 11.8 Å². The van der Waals surface area contributed by atoms with Crippen LogP contribution in [0.2, 0.25) is 0 Å². The van der Waals surface area contributed by atoms with E-state index >= 15 is 0 Å². The van der Waals surface area contributed by atoms with Crippen LogP contribution in [0.15, 0.2) is 23.1 Å². The van der Waals surface area contributed by atoms with Gasteiger partial charge < -0.3 is 5.11 Å². The van der Waals surface area contributed by atoms with Gasteiger partial charge in [-0.2, -0.15) is 0 Å². The van der Waals surface area contributed by atoms with Crippen LogP contribution in [0.5, 0.6) is 0 Å². The maximum Gasteiger partial charge on any atom is 0.307 e. The van der Waals surface area contributed by atoms with Crippen LogP contribution < -0.4 is 0 Å². The Balaban J connectivity index is 3.05. The molecule has 4 heteroatoms. The van der Waals surface area contributed by atoms with Crippen molar-refractivity contribution in [3.05, 3.63) is 27.3 Å². The van der Waals surface area contributed by atoms with E-state index in [1.54, 1.807) is 11.8 Å². The van der Waals surface area contributed by atoms with Gasteiger partial charge in [0.1, 0.15) is 0 Å². The lowest BCUT2D eigenvalue weighted by Gasteiger charge is -2.06. The Morgan fingerprint density at radius 2 is 2.31 bits per heavy atom. The molecule has 70 valence electrons. The van der Waals surface area contributed by atoms with E-state index in [1.807, 2.05) is 24.5 Å². The molecule has 0 aliphatic carbocycles. The van der Waals surface area contributed by atoms with E-state index in [0.29, 0.717) is 0 Å². The van der Waals surface area contributed by atoms with E-state index in [2.05, 4.69) is 22.6 Å². The van der Waals surface area contributed by atoms with E-state index in [9.17, 15) is 4.79 Å². The minimum Gasteiger partial charge on any atom is -0.481 e. The first-order valence-electron chi connectivity index (χ1n) is 3.68. The van der Waals surface area contributed by atoms with Gasteiger partial charge in [-0.1, -0.05) is 12.1 Å². The molecule has 0 heterocycles. The smallest absolute Gasteiger partial charge is 0.307 e. The van der Waals surface area contributed by atoms with Crippen molar-refractivity contribution in [3.8, 4) is 0 Å². The normalized spacial score (nSPS) is 10.0. The molecule has 0 aliphatic rings. The van der Waals surface area contributed by atoms with Gasteiger partial charge in [0.2, 0.25) is 0 Å². The number of halogens is 1. The average Bonchev–Trinajstić information content (AvgIpc) is 2.03. The minimum atomic E-state index is -0.780. The number of aliphatic carboxylic acids is 1. The quantitative estimate of drug-likeness (QED) is 0.689. The molecule has 1 aromatic carbocycles.